The van der Waals surface area contributed by atoms with Gasteiger partial charge in [0.2, 0.25) is 0 Å². The van der Waals surface area contributed by atoms with E-state index in [2.05, 4.69) is 15.6 Å². The fraction of sp³-hybridized carbons (Fsp3) is 0.250. The normalized spacial score (nSPS) is 10.3. The predicted molar refractivity (Wildman–Crippen MR) is 87.3 cm³/mol. The van der Waals surface area contributed by atoms with Crippen LogP contribution in [0, 0.1) is 27.7 Å². The number of pyridine rings is 1. The van der Waals surface area contributed by atoms with Gasteiger partial charge >= 0.3 is 6.03 Å². The molecule has 0 aliphatic rings. The van der Waals surface area contributed by atoms with Gasteiger partial charge in [0.05, 0.1) is 22.6 Å². The summed E-state index contributed by atoms with van der Waals surface area (Å²) in [6, 6.07) is 5.55. The first-order valence-electron chi connectivity index (χ1n) is 6.65. The molecule has 2 N–H and O–H groups in total. The zero-order valence-corrected chi connectivity index (χ0v) is 13.3. The summed E-state index contributed by atoms with van der Waals surface area (Å²) in [7, 11) is 0. The molecule has 2 aromatic rings. The molecule has 1 aromatic carbocycles. The second kappa shape index (κ2) is 6.14. The van der Waals surface area contributed by atoms with Crippen LogP contribution in [0.2, 0.25) is 5.02 Å². The average molecular weight is 304 g/mol. The molecule has 0 saturated carbocycles. The minimum absolute atomic E-state index is 0.313. The van der Waals surface area contributed by atoms with Crippen LogP contribution in [0.15, 0.2) is 24.4 Å². The lowest BCUT2D eigenvalue weighted by Crippen LogP contribution is -2.20. The maximum atomic E-state index is 12.1. The summed E-state index contributed by atoms with van der Waals surface area (Å²) in [4.78, 5) is 16.2. The van der Waals surface area contributed by atoms with Crippen molar-refractivity contribution in [1.82, 2.24) is 4.98 Å². The topological polar surface area (TPSA) is 54.0 Å². The second-order valence-electron chi connectivity index (χ2n) is 5.09. The third-order valence-electron chi connectivity index (χ3n) is 3.32. The van der Waals surface area contributed by atoms with E-state index in [4.69, 9.17) is 11.6 Å². The summed E-state index contributed by atoms with van der Waals surface area (Å²) in [5.41, 5.74) is 5.11. The lowest BCUT2D eigenvalue weighted by Gasteiger charge is -2.13. The molecule has 0 radical (unpaired) electrons. The Labute approximate surface area is 129 Å². The lowest BCUT2D eigenvalue weighted by atomic mass is 10.1. The van der Waals surface area contributed by atoms with Crippen LogP contribution in [-0.2, 0) is 0 Å². The Morgan fingerprint density at radius 1 is 1.10 bits per heavy atom. The van der Waals surface area contributed by atoms with Gasteiger partial charge in [-0.3, -0.25) is 4.98 Å². The van der Waals surface area contributed by atoms with Gasteiger partial charge < -0.3 is 10.6 Å². The number of nitrogens with zero attached hydrogens (tertiary/aromatic N) is 1. The molecule has 2 rings (SSSR count). The van der Waals surface area contributed by atoms with Crippen molar-refractivity contribution >= 4 is 29.0 Å². The third kappa shape index (κ3) is 3.52. The van der Waals surface area contributed by atoms with E-state index in [9.17, 15) is 4.79 Å². The van der Waals surface area contributed by atoms with Gasteiger partial charge in [0.15, 0.2) is 0 Å². The maximum absolute atomic E-state index is 12.1. The van der Waals surface area contributed by atoms with E-state index in [1.54, 1.807) is 6.20 Å². The molecule has 0 unspecified atom stereocenters. The number of aromatic nitrogens is 1. The van der Waals surface area contributed by atoms with Crippen molar-refractivity contribution in [3.05, 3.63) is 51.8 Å². The quantitative estimate of drug-likeness (QED) is 0.851. The minimum atomic E-state index is -0.313. The van der Waals surface area contributed by atoms with Crippen LogP contribution in [-0.4, -0.2) is 11.0 Å². The van der Waals surface area contributed by atoms with E-state index in [1.807, 2.05) is 45.9 Å². The molecular weight excluding hydrogens is 286 g/mol. The van der Waals surface area contributed by atoms with E-state index in [0.717, 1.165) is 28.1 Å². The van der Waals surface area contributed by atoms with E-state index in [0.29, 0.717) is 10.7 Å². The lowest BCUT2D eigenvalue weighted by molar-refractivity contribution is 0.262. The first-order valence-corrected chi connectivity index (χ1v) is 7.03. The smallest absolute Gasteiger partial charge is 0.307 e. The van der Waals surface area contributed by atoms with Crippen LogP contribution < -0.4 is 10.6 Å². The number of halogens is 1. The summed E-state index contributed by atoms with van der Waals surface area (Å²) < 4.78 is 0. The molecule has 1 aromatic heterocycles. The number of nitrogens with one attached hydrogen (secondary N) is 2. The van der Waals surface area contributed by atoms with Crippen molar-refractivity contribution in [3.8, 4) is 0 Å². The fourth-order valence-corrected chi connectivity index (χ4v) is 2.21. The van der Waals surface area contributed by atoms with Crippen LogP contribution in [0.1, 0.15) is 22.4 Å². The molecule has 0 bridgehead atoms. The molecule has 0 saturated heterocycles. The molecular formula is C16H18ClN3O. The molecule has 21 heavy (non-hydrogen) atoms. The van der Waals surface area contributed by atoms with Crippen molar-refractivity contribution in [2.45, 2.75) is 27.7 Å². The summed E-state index contributed by atoms with van der Waals surface area (Å²) in [5, 5.41) is 6.17. The average Bonchev–Trinajstić information content (AvgIpc) is 2.43. The standard InChI is InChI=1S/C16H18ClN3O/c1-9-5-6-13(10(2)7-9)19-16(21)20-14-8-18-12(4)15(17)11(14)3/h5-8H,1-4H3,(H2,19,20,21). The van der Waals surface area contributed by atoms with Crippen molar-refractivity contribution in [2.75, 3.05) is 10.6 Å². The molecule has 2 amide bonds. The summed E-state index contributed by atoms with van der Waals surface area (Å²) in [6.07, 6.45) is 1.61. The SMILES string of the molecule is Cc1ccc(NC(=O)Nc2cnc(C)c(Cl)c2C)c(C)c1. The maximum Gasteiger partial charge on any atom is 0.323 e. The van der Waals surface area contributed by atoms with Crippen LogP contribution in [0.5, 0.6) is 0 Å². The number of aryl methyl sites for hydroxylation is 3. The molecule has 0 aliphatic carbocycles. The minimum Gasteiger partial charge on any atom is -0.307 e. The predicted octanol–water partition coefficient (Wildman–Crippen LogP) is 4.61. The Balaban J connectivity index is 2.14. The Hall–Kier alpha value is -2.07. The molecule has 0 atom stereocenters. The van der Waals surface area contributed by atoms with Crippen molar-refractivity contribution < 1.29 is 4.79 Å². The number of amides is 2. The van der Waals surface area contributed by atoms with E-state index < -0.39 is 0 Å². The number of hydrogen-bond donors (Lipinski definition) is 2. The van der Waals surface area contributed by atoms with Gasteiger partial charge in [-0.15, -0.1) is 0 Å². The second-order valence-corrected chi connectivity index (χ2v) is 5.47. The monoisotopic (exact) mass is 303 g/mol. The molecule has 5 heteroatoms. The van der Waals surface area contributed by atoms with E-state index in [1.165, 1.54) is 0 Å². The number of hydrogen-bond acceptors (Lipinski definition) is 2. The Kier molecular flexibility index (Phi) is 4.48. The Morgan fingerprint density at radius 2 is 1.76 bits per heavy atom. The van der Waals surface area contributed by atoms with Gasteiger partial charge in [0, 0.05) is 5.69 Å². The molecule has 4 nitrogen and oxygen atoms in total. The van der Waals surface area contributed by atoms with Gasteiger partial charge in [-0.2, -0.15) is 0 Å². The zero-order valence-electron chi connectivity index (χ0n) is 12.5. The highest BCUT2D eigenvalue weighted by Gasteiger charge is 2.10. The zero-order chi connectivity index (χ0) is 15.6. The molecule has 0 aliphatic heterocycles. The van der Waals surface area contributed by atoms with Crippen molar-refractivity contribution in [1.29, 1.82) is 0 Å². The Bertz CT molecular complexity index is 698. The number of carbonyl (C=O) groups excluding carboxylic acids is 1. The highest BCUT2D eigenvalue weighted by molar-refractivity contribution is 6.32. The van der Waals surface area contributed by atoms with Crippen molar-refractivity contribution in [2.24, 2.45) is 0 Å². The van der Waals surface area contributed by atoms with E-state index >= 15 is 0 Å². The van der Waals surface area contributed by atoms with Crippen LogP contribution in [0.25, 0.3) is 0 Å². The van der Waals surface area contributed by atoms with Gasteiger partial charge in [0.25, 0.3) is 0 Å². The van der Waals surface area contributed by atoms with Crippen LogP contribution >= 0.6 is 11.6 Å². The van der Waals surface area contributed by atoms with E-state index in [-0.39, 0.29) is 6.03 Å². The number of benzene rings is 1. The van der Waals surface area contributed by atoms with Gasteiger partial charge in [-0.25, -0.2) is 4.79 Å². The van der Waals surface area contributed by atoms with Gasteiger partial charge in [0.1, 0.15) is 0 Å². The van der Waals surface area contributed by atoms with Gasteiger partial charge in [-0.1, -0.05) is 29.3 Å². The molecule has 1 heterocycles. The number of urea groups is 1. The van der Waals surface area contributed by atoms with Crippen molar-refractivity contribution in [3.63, 3.8) is 0 Å². The van der Waals surface area contributed by atoms with Crippen LogP contribution in [0.3, 0.4) is 0 Å². The summed E-state index contributed by atoms with van der Waals surface area (Å²) in [5.74, 6) is 0. The number of carbonyl (C=O) groups is 1. The van der Waals surface area contributed by atoms with Gasteiger partial charge in [-0.05, 0) is 44.9 Å². The summed E-state index contributed by atoms with van der Waals surface area (Å²) >= 11 is 6.13. The highest BCUT2D eigenvalue weighted by atomic mass is 35.5. The molecule has 110 valence electrons. The fourth-order valence-electron chi connectivity index (χ4n) is 2.06. The first kappa shape index (κ1) is 15.3. The Morgan fingerprint density at radius 3 is 2.43 bits per heavy atom. The third-order valence-corrected chi connectivity index (χ3v) is 3.87. The number of rotatable bonds is 2. The molecule has 0 spiro atoms. The largest absolute Gasteiger partial charge is 0.323 e. The van der Waals surface area contributed by atoms with Crippen LogP contribution in [0.4, 0.5) is 16.2 Å². The number of anilines is 2. The first-order chi connectivity index (χ1) is 9.88. The summed E-state index contributed by atoms with van der Waals surface area (Å²) in [6.45, 7) is 7.65. The highest BCUT2D eigenvalue weighted by Crippen LogP contribution is 2.25. The molecule has 0 fully saturated rings.